The van der Waals surface area contributed by atoms with Crippen LogP contribution >= 0.6 is 0 Å². The Labute approximate surface area is 175 Å². The predicted molar refractivity (Wildman–Crippen MR) is 115 cm³/mol. The molecule has 2 saturated heterocycles. The summed E-state index contributed by atoms with van der Waals surface area (Å²) in [5.74, 6) is 0.778. The highest BCUT2D eigenvalue weighted by atomic mass is 19.3. The number of hydrogen-bond donors (Lipinski definition) is 1. The van der Waals surface area contributed by atoms with E-state index >= 15 is 0 Å². The van der Waals surface area contributed by atoms with E-state index < -0.39 is 12.5 Å². The fourth-order valence-electron chi connectivity index (χ4n) is 4.51. The van der Waals surface area contributed by atoms with E-state index in [-0.39, 0.29) is 18.7 Å². The number of aromatic amines is 1. The fourth-order valence-corrected chi connectivity index (χ4v) is 4.51. The third kappa shape index (κ3) is 5.01. The second kappa shape index (κ2) is 9.60. The van der Waals surface area contributed by atoms with E-state index in [1.807, 2.05) is 17.0 Å². The van der Waals surface area contributed by atoms with Crippen LogP contribution < -0.4 is 15.4 Å². The zero-order valence-electron chi connectivity index (χ0n) is 17.1. The van der Waals surface area contributed by atoms with Gasteiger partial charge < -0.3 is 19.5 Å². The highest BCUT2D eigenvalue weighted by molar-refractivity contribution is 5.56. The first-order valence-corrected chi connectivity index (χ1v) is 10.8. The standard InChI is InChI=1S/C23H29F2N3O2/c24-23(25)20-16-27(11-12-30-20)19-14-21(26-22(29)15-19)28-10-6-2-5-9-18(28)13-17-7-3-1-4-8-17/h1,3-4,7-8,14-15,18,20,23H,2,5-6,9-13,16H2,(H,26,29)/t18-,20?/m0/s1. The molecule has 2 fully saturated rings. The Bertz CT molecular complexity index is 874. The highest BCUT2D eigenvalue weighted by Gasteiger charge is 2.29. The SMILES string of the molecule is O=c1cc(N2CCOC(C(F)F)C2)cc(N2CCCCC[C@H]2Cc2ccccc2)[nH]1. The minimum absolute atomic E-state index is 0.0913. The second-order valence-electron chi connectivity index (χ2n) is 8.16. The molecule has 0 bridgehead atoms. The maximum absolute atomic E-state index is 13.1. The normalized spacial score (nSPS) is 22.9. The number of morpholine rings is 1. The largest absolute Gasteiger partial charge is 0.369 e. The Balaban J connectivity index is 1.60. The third-order valence-corrected chi connectivity index (χ3v) is 6.06. The lowest BCUT2D eigenvalue weighted by Gasteiger charge is -2.36. The summed E-state index contributed by atoms with van der Waals surface area (Å²) in [5, 5.41) is 0. The van der Waals surface area contributed by atoms with Gasteiger partial charge in [-0.1, -0.05) is 43.2 Å². The third-order valence-electron chi connectivity index (χ3n) is 6.06. The van der Waals surface area contributed by atoms with Gasteiger partial charge in [-0.3, -0.25) is 4.79 Å². The van der Waals surface area contributed by atoms with E-state index in [0.717, 1.165) is 38.0 Å². The Morgan fingerprint density at radius 3 is 2.73 bits per heavy atom. The number of ether oxygens (including phenoxy) is 1. The van der Waals surface area contributed by atoms with E-state index in [1.54, 1.807) is 0 Å². The molecule has 2 aliphatic heterocycles. The van der Waals surface area contributed by atoms with Crippen molar-refractivity contribution in [2.75, 3.05) is 36.0 Å². The second-order valence-corrected chi connectivity index (χ2v) is 8.16. The van der Waals surface area contributed by atoms with Gasteiger partial charge in [-0.2, -0.15) is 0 Å². The molecule has 1 N–H and O–H groups in total. The Hall–Kier alpha value is -2.41. The molecule has 0 amide bonds. The molecule has 1 aromatic heterocycles. The number of aromatic nitrogens is 1. The van der Waals surface area contributed by atoms with Crippen LogP contribution in [0.2, 0.25) is 0 Å². The van der Waals surface area contributed by atoms with Crippen molar-refractivity contribution in [2.45, 2.75) is 50.7 Å². The van der Waals surface area contributed by atoms with Gasteiger partial charge in [0, 0.05) is 43.5 Å². The summed E-state index contributed by atoms with van der Waals surface area (Å²) >= 11 is 0. The van der Waals surface area contributed by atoms with Crippen LogP contribution in [0, 0.1) is 0 Å². The Morgan fingerprint density at radius 1 is 1.10 bits per heavy atom. The molecule has 2 aliphatic rings. The molecule has 3 heterocycles. The molecule has 4 rings (SSSR count). The van der Waals surface area contributed by atoms with E-state index in [4.69, 9.17) is 4.74 Å². The van der Waals surface area contributed by atoms with Crippen molar-refractivity contribution in [3.63, 3.8) is 0 Å². The van der Waals surface area contributed by atoms with Gasteiger partial charge in [-0.15, -0.1) is 0 Å². The van der Waals surface area contributed by atoms with Gasteiger partial charge in [0.15, 0.2) is 0 Å². The molecular weight excluding hydrogens is 388 g/mol. The van der Waals surface area contributed by atoms with Crippen LogP contribution in [0.4, 0.5) is 20.3 Å². The van der Waals surface area contributed by atoms with Crippen LogP contribution in [0.5, 0.6) is 0 Å². The fraction of sp³-hybridized carbons (Fsp3) is 0.522. The van der Waals surface area contributed by atoms with Gasteiger partial charge in [0.25, 0.3) is 12.0 Å². The summed E-state index contributed by atoms with van der Waals surface area (Å²) in [6.45, 7) is 1.70. The van der Waals surface area contributed by atoms with Crippen molar-refractivity contribution in [3.8, 4) is 0 Å². The van der Waals surface area contributed by atoms with E-state index in [9.17, 15) is 13.6 Å². The molecule has 162 valence electrons. The van der Waals surface area contributed by atoms with Gasteiger partial charge in [0.1, 0.15) is 11.9 Å². The van der Waals surface area contributed by atoms with Crippen LogP contribution in [0.25, 0.3) is 0 Å². The lowest BCUT2D eigenvalue weighted by atomic mass is 10.0. The Kier molecular flexibility index (Phi) is 6.67. The smallest absolute Gasteiger partial charge is 0.266 e. The van der Waals surface area contributed by atoms with E-state index in [2.05, 4.69) is 34.1 Å². The van der Waals surface area contributed by atoms with Crippen molar-refractivity contribution in [1.29, 1.82) is 0 Å². The average Bonchev–Trinajstić information content (AvgIpc) is 2.99. The van der Waals surface area contributed by atoms with Crippen molar-refractivity contribution in [2.24, 2.45) is 0 Å². The first-order valence-electron chi connectivity index (χ1n) is 10.8. The number of rotatable bonds is 5. The van der Waals surface area contributed by atoms with Gasteiger partial charge in [-0.25, -0.2) is 8.78 Å². The maximum Gasteiger partial charge on any atom is 0.266 e. The molecule has 0 saturated carbocycles. The molecular formula is C23H29F2N3O2. The molecule has 30 heavy (non-hydrogen) atoms. The minimum Gasteiger partial charge on any atom is -0.369 e. The molecule has 0 aliphatic carbocycles. The Morgan fingerprint density at radius 2 is 1.93 bits per heavy atom. The van der Waals surface area contributed by atoms with Crippen molar-refractivity contribution in [3.05, 3.63) is 58.4 Å². The number of anilines is 2. The van der Waals surface area contributed by atoms with E-state index in [0.29, 0.717) is 18.3 Å². The van der Waals surface area contributed by atoms with Gasteiger partial charge in [-0.05, 0) is 24.8 Å². The zero-order chi connectivity index (χ0) is 20.9. The van der Waals surface area contributed by atoms with Crippen LogP contribution in [-0.4, -0.2) is 49.8 Å². The number of benzene rings is 1. The lowest BCUT2D eigenvalue weighted by Crippen LogP contribution is -2.46. The lowest BCUT2D eigenvalue weighted by molar-refractivity contribution is -0.0614. The number of hydrogen-bond acceptors (Lipinski definition) is 4. The quantitative estimate of drug-likeness (QED) is 0.803. The number of pyridine rings is 1. The summed E-state index contributed by atoms with van der Waals surface area (Å²) in [6.07, 6.45) is 1.73. The summed E-state index contributed by atoms with van der Waals surface area (Å²) < 4.78 is 31.4. The summed E-state index contributed by atoms with van der Waals surface area (Å²) in [4.78, 5) is 19.6. The molecule has 2 aromatic rings. The summed E-state index contributed by atoms with van der Waals surface area (Å²) in [6, 6.07) is 14.1. The van der Waals surface area contributed by atoms with Crippen molar-refractivity contribution in [1.82, 2.24) is 4.98 Å². The van der Waals surface area contributed by atoms with Crippen LogP contribution in [0.15, 0.2) is 47.3 Å². The number of nitrogens with one attached hydrogen (secondary N) is 1. The number of halogens is 2. The predicted octanol–water partition coefficient (Wildman–Crippen LogP) is 3.84. The molecule has 2 atom stereocenters. The zero-order valence-corrected chi connectivity index (χ0v) is 17.1. The molecule has 0 radical (unpaired) electrons. The van der Waals surface area contributed by atoms with Gasteiger partial charge >= 0.3 is 0 Å². The molecule has 5 nitrogen and oxygen atoms in total. The van der Waals surface area contributed by atoms with Crippen LogP contribution in [0.1, 0.15) is 31.2 Å². The van der Waals surface area contributed by atoms with E-state index in [1.165, 1.54) is 18.1 Å². The highest BCUT2D eigenvalue weighted by Crippen LogP contribution is 2.28. The molecule has 1 aromatic carbocycles. The first-order chi connectivity index (χ1) is 14.6. The number of alkyl halides is 2. The average molecular weight is 418 g/mol. The van der Waals surface area contributed by atoms with Gasteiger partial charge in [0.2, 0.25) is 0 Å². The summed E-state index contributed by atoms with van der Waals surface area (Å²) in [7, 11) is 0. The molecule has 0 spiro atoms. The van der Waals surface area contributed by atoms with Crippen LogP contribution in [0.3, 0.4) is 0 Å². The topological polar surface area (TPSA) is 48.6 Å². The first kappa shape index (κ1) is 20.8. The summed E-state index contributed by atoms with van der Waals surface area (Å²) in [5.41, 5.74) is 1.76. The number of H-pyrrole nitrogens is 1. The van der Waals surface area contributed by atoms with Crippen molar-refractivity contribution >= 4 is 11.5 Å². The van der Waals surface area contributed by atoms with Gasteiger partial charge in [0.05, 0.1) is 6.61 Å². The number of nitrogens with zero attached hydrogens (tertiary/aromatic N) is 2. The molecule has 7 heteroatoms. The molecule has 1 unspecified atom stereocenters. The monoisotopic (exact) mass is 417 g/mol. The minimum atomic E-state index is -2.53. The van der Waals surface area contributed by atoms with Crippen molar-refractivity contribution < 1.29 is 13.5 Å². The van der Waals surface area contributed by atoms with Crippen LogP contribution in [-0.2, 0) is 11.2 Å². The maximum atomic E-state index is 13.1.